The van der Waals surface area contributed by atoms with Gasteiger partial charge in [0.15, 0.2) is 0 Å². The maximum Gasteiger partial charge on any atom is 0.0487 e. The predicted octanol–water partition coefficient (Wildman–Crippen LogP) is 4.14. The van der Waals surface area contributed by atoms with Crippen molar-refractivity contribution < 1.29 is 0 Å². The second-order valence-corrected chi connectivity index (χ2v) is 6.72. The number of hydrogen-bond acceptors (Lipinski definition) is 2. The largest absolute Gasteiger partial charge is 0.114 e. The highest BCUT2D eigenvalue weighted by molar-refractivity contribution is 8.18. The SMILES string of the molecule is CC(C)(C)c1ccc2c(c1)SCS2. The zero-order chi connectivity index (χ0) is 9.47. The van der Waals surface area contributed by atoms with Crippen LogP contribution in [0.25, 0.3) is 0 Å². The van der Waals surface area contributed by atoms with Crippen molar-refractivity contribution in [3.05, 3.63) is 23.8 Å². The topological polar surface area (TPSA) is 0 Å². The van der Waals surface area contributed by atoms with Gasteiger partial charge in [-0.25, -0.2) is 0 Å². The molecule has 70 valence electrons. The van der Waals surface area contributed by atoms with Crippen molar-refractivity contribution >= 4 is 23.5 Å². The van der Waals surface area contributed by atoms with Crippen molar-refractivity contribution in [2.24, 2.45) is 0 Å². The van der Waals surface area contributed by atoms with Crippen LogP contribution in [0.3, 0.4) is 0 Å². The van der Waals surface area contributed by atoms with Crippen LogP contribution in [0.1, 0.15) is 26.3 Å². The molecule has 0 nitrogen and oxygen atoms in total. The summed E-state index contributed by atoms with van der Waals surface area (Å²) in [6, 6.07) is 6.87. The van der Waals surface area contributed by atoms with Gasteiger partial charge in [0.2, 0.25) is 0 Å². The van der Waals surface area contributed by atoms with Gasteiger partial charge in [-0.2, -0.15) is 0 Å². The minimum Gasteiger partial charge on any atom is -0.114 e. The van der Waals surface area contributed by atoms with E-state index in [1.807, 2.05) is 23.5 Å². The molecule has 0 aliphatic carbocycles. The molecule has 0 atom stereocenters. The fraction of sp³-hybridized carbons (Fsp3) is 0.455. The van der Waals surface area contributed by atoms with Crippen LogP contribution in [-0.2, 0) is 5.41 Å². The Hall–Kier alpha value is -0.0800. The molecule has 0 spiro atoms. The van der Waals surface area contributed by atoms with Crippen LogP contribution in [0.15, 0.2) is 28.0 Å². The van der Waals surface area contributed by atoms with Gasteiger partial charge in [0.05, 0.1) is 0 Å². The molecular weight excluding hydrogens is 196 g/mol. The Labute approximate surface area is 88.5 Å². The Bertz CT molecular complexity index is 323. The average Bonchev–Trinajstić information content (AvgIpc) is 2.47. The van der Waals surface area contributed by atoms with Gasteiger partial charge in [-0.1, -0.05) is 26.8 Å². The third-order valence-electron chi connectivity index (χ3n) is 2.24. The van der Waals surface area contributed by atoms with E-state index in [4.69, 9.17) is 0 Å². The van der Waals surface area contributed by atoms with Crippen molar-refractivity contribution in [1.82, 2.24) is 0 Å². The second kappa shape index (κ2) is 3.25. The zero-order valence-corrected chi connectivity index (χ0v) is 9.89. The molecule has 0 bridgehead atoms. The summed E-state index contributed by atoms with van der Waals surface area (Å²) in [6.07, 6.45) is 0. The Balaban J connectivity index is 2.42. The van der Waals surface area contributed by atoms with Gasteiger partial charge in [0.1, 0.15) is 0 Å². The first-order valence-electron chi connectivity index (χ1n) is 4.47. The molecule has 2 heteroatoms. The molecule has 1 aliphatic rings. The highest BCUT2D eigenvalue weighted by atomic mass is 32.2. The number of benzene rings is 1. The monoisotopic (exact) mass is 210 g/mol. The first-order chi connectivity index (χ1) is 6.07. The second-order valence-electron chi connectivity index (χ2n) is 4.32. The summed E-state index contributed by atoms with van der Waals surface area (Å²) in [5, 5.41) is 1.18. The predicted molar refractivity (Wildman–Crippen MR) is 61.7 cm³/mol. The fourth-order valence-corrected chi connectivity index (χ4v) is 3.75. The number of thioether (sulfide) groups is 2. The Morgan fingerprint density at radius 1 is 1.08 bits per heavy atom. The number of fused-ring (bicyclic) bond motifs is 1. The Kier molecular flexibility index (Phi) is 2.37. The molecule has 1 aromatic carbocycles. The summed E-state index contributed by atoms with van der Waals surface area (Å²) in [5.41, 5.74) is 1.73. The summed E-state index contributed by atoms with van der Waals surface area (Å²) < 4.78 is 0. The average molecular weight is 210 g/mol. The van der Waals surface area contributed by atoms with Gasteiger partial charge >= 0.3 is 0 Å². The van der Waals surface area contributed by atoms with Crippen molar-refractivity contribution in [3.63, 3.8) is 0 Å². The molecule has 1 heterocycles. The lowest BCUT2D eigenvalue weighted by Crippen LogP contribution is -2.10. The van der Waals surface area contributed by atoms with Crippen LogP contribution in [0.2, 0.25) is 0 Å². The van der Waals surface area contributed by atoms with Gasteiger partial charge in [0.25, 0.3) is 0 Å². The van der Waals surface area contributed by atoms with Crippen molar-refractivity contribution in [2.75, 3.05) is 5.08 Å². The lowest BCUT2D eigenvalue weighted by atomic mass is 9.87. The summed E-state index contributed by atoms with van der Waals surface area (Å²) in [6.45, 7) is 6.80. The van der Waals surface area contributed by atoms with Crippen LogP contribution in [0.4, 0.5) is 0 Å². The lowest BCUT2D eigenvalue weighted by molar-refractivity contribution is 0.588. The van der Waals surface area contributed by atoms with Crippen LogP contribution < -0.4 is 0 Å². The molecule has 0 aromatic heterocycles. The maximum absolute atomic E-state index is 2.35. The molecule has 0 fully saturated rings. The molecule has 0 radical (unpaired) electrons. The minimum atomic E-state index is 0.281. The number of rotatable bonds is 0. The van der Waals surface area contributed by atoms with Crippen molar-refractivity contribution in [3.8, 4) is 0 Å². The normalized spacial score (nSPS) is 15.9. The maximum atomic E-state index is 2.35. The summed E-state index contributed by atoms with van der Waals surface area (Å²) in [4.78, 5) is 2.93. The molecule has 1 aromatic rings. The van der Waals surface area contributed by atoms with Crippen LogP contribution in [0, 0.1) is 0 Å². The molecule has 0 saturated carbocycles. The van der Waals surface area contributed by atoms with Gasteiger partial charge in [0, 0.05) is 14.9 Å². The van der Waals surface area contributed by atoms with Crippen LogP contribution in [0.5, 0.6) is 0 Å². The van der Waals surface area contributed by atoms with E-state index in [0.29, 0.717) is 0 Å². The lowest BCUT2D eigenvalue weighted by Gasteiger charge is -2.19. The third-order valence-corrected chi connectivity index (χ3v) is 4.63. The third kappa shape index (κ3) is 1.89. The first kappa shape index (κ1) is 9.47. The van der Waals surface area contributed by atoms with Crippen LogP contribution in [-0.4, -0.2) is 5.08 Å². The Morgan fingerprint density at radius 3 is 2.46 bits per heavy atom. The molecule has 0 amide bonds. The Morgan fingerprint density at radius 2 is 1.77 bits per heavy atom. The molecule has 2 rings (SSSR count). The summed E-state index contributed by atoms with van der Waals surface area (Å²) in [7, 11) is 0. The smallest absolute Gasteiger partial charge is 0.0487 e. The summed E-state index contributed by atoms with van der Waals surface area (Å²) >= 11 is 3.91. The van der Waals surface area contributed by atoms with Gasteiger partial charge in [-0.05, 0) is 23.1 Å². The van der Waals surface area contributed by atoms with Gasteiger partial charge in [-0.3, -0.25) is 0 Å². The first-order valence-corrected chi connectivity index (χ1v) is 6.44. The van der Waals surface area contributed by atoms with E-state index in [0.717, 1.165) is 0 Å². The van der Waals surface area contributed by atoms with E-state index in [-0.39, 0.29) is 5.41 Å². The van der Waals surface area contributed by atoms with Gasteiger partial charge < -0.3 is 0 Å². The summed E-state index contributed by atoms with van der Waals surface area (Å²) in [5.74, 6) is 0. The van der Waals surface area contributed by atoms with Crippen molar-refractivity contribution in [1.29, 1.82) is 0 Å². The zero-order valence-electron chi connectivity index (χ0n) is 8.26. The number of hydrogen-bond donors (Lipinski definition) is 0. The van der Waals surface area contributed by atoms with E-state index in [1.165, 1.54) is 20.4 Å². The minimum absolute atomic E-state index is 0.281. The van der Waals surface area contributed by atoms with E-state index in [9.17, 15) is 0 Å². The molecule has 0 unspecified atom stereocenters. The highest BCUT2D eigenvalue weighted by Crippen LogP contribution is 2.43. The molecule has 0 saturated heterocycles. The molecule has 1 aliphatic heterocycles. The van der Waals surface area contributed by atoms with E-state index in [2.05, 4.69) is 39.0 Å². The van der Waals surface area contributed by atoms with E-state index in [1.54, 1.807) is 0 Å². The standard InChI is InChI=1S/C11H14S2/c1-11(2,3)8-4-5-9-10(6-8)13-7-12-9/h4-6H,7H2,1-3H3. The molecule has 13 heavy (non-hydrogen) atoms. The van der Waals surface area contributed by atoms with Gasteiger partial charge in [-0.15, -0.1) is 23.5 Å². The van der Waals surface area contributed by atoms with Crippen molar-refractivity contribution in [2.45, 2.75) is 36.0 Å². The fourth-order valence-electron chi connectivity index (χ4n) is 1.36. The highest BCUT2D eigenvalue weighted by Gasteiger charge is 2.18. The quantitative estimate of drug-likeness (QED) is 0.631. The molecule has 0 N–H and O–H groups in total. The molecular formula is C11H14S2. The van der Waals surface area contributed by atoms with Crippen LogP contribution >= 0.6 is 23.5 Å². The van der Waals surface area contributed by atoms with E-state index < -0.39 is 0 Å². The van der Waals surface area contributed by atoms with E-state index >= 15 is 0 Å².